The largest absolute Gasteiger partial charge is 0.398 e. The van der Waals surface area contributed by atoms with Crippen molar-refractivity contribution in [2.75, 3.05) is 17.2 Å². The number of nitrogen functional groups attached to an aromatic ring is 1. The summed E-state index contributed by atoms with van der Waals surface area (Å²) in [5, 5.41) is 0. The number of carbonyl (C=O) groups excluding carboxylic acids is 1. The number of carbonyl (C=O) groups is 1. The predicted octanol–water partition coefficient (Wildman–Crippen LogP) is 3.14. The van der Waals surface area contributed by atoms with Gasteiger partial charge in [-0.2, -0.15) is 0 Å². The van der Waals surface area contributed by atoms with Gasteiger partial charge in [-0.3, -0.25) is 4.79 Å². The van der Waals surface area contributed by atoms with E-state index in [-0.39, 0.29) is 11.5 Å². The molecule has 0 bridgehead atoms. The number of amides is 1. The van der Waals surface area contributed by atoms with Crippen molar-refractivity contribution in [1.82, 2.24) is 0 Å². The van der Waals surface area contributed by atoms with Crippen LogP contribution in [0.2, 0.25) is 0 Å². The summed E-state index contributed by atoms with van der Waals surface area (Å²) in [6.07, 6.45) is 1.60. The zero-order valence-corrected chi connectivity index (χ0v) is 11.3. The fourth-order valence-corrected chi connectivity index (χ4v) is 2.65. The fourth-order valence-electron chi connectivity index (χ4n) is 2.65. The molecule has 3 nitrogen and oxygen atoms in total. The fraction of sp³-hybridized carbons (Fsp3) is 0.188. The van der Waals surface area contributed by atoms with Gasteiger partial charge in [0.15, 0.2) is 11.6 Å². The van der Waals surface area contributed by atoms with Crippen molar-refractivity contribution in [2.24, 2.45) is 0 Å². The van der Waals surface area contributed by atoms with Gasteiger partial charge < -0.3 is 10.6 Å². The molecule has 1 aliphatic heterocycles. The van der Waals surface area contributed by atoms with Gasteiger partial charge in [-0.05, 0) is 48.7 Å². The maximum atomic E-state index is 13.3. The predicted molar refractivity (Wildman–Crippen MR) is 77.2 cm³/mol. The van der Waals surface area contributed by atoms with Crippen LogP contribution in [-0.4, -0.2) is 12.5 Å². The highest BCUT2D eigenvalue weighted by Gasteiger charge is 2.25. The number of hydrogen-bond donors (Lipinski definition) is 1. The lowest BCUT2D eigenvalue weighted by Gasteiger charge is -2.30. The van der Waals surface area contributed by atoms with E-state index in [0.717, 1.165) is 36.2 Å². The van der Waals surface area contributed by atoms with Gasteiger partial charge in [-0.25, -0.2) is 8.78 Å². The number of rotatable bonds is 1. The monoisotopic (exact) mass is 288 g/mol. The van der Waals surface area contributed by atoms with Crippen molar-refractivity contribution >= 4 is 17.3 Å². The molecule has 0 fully saturated rings. The van der Waals surface area contributed by atoms with Crippen LogP contribution in [0.25, 0.3) is 0 Å². The Bertz CT molecular complexity index is 715. The number of fused-ring (bicyclic) bond motifs is 1. The van der Waals surface area contributed by atoms with Crippen LogP contribution in [0.1, 0.15) is 22.3 Å². The van der Waals surface area contributed by atoms with E-state index >= 15 is 0 Å². The Morgan fingerprint density at radius 2 is 1.95 bits per heavy atom. The van der Waals surface area contributed by atoms with Gasteiger partial charge in [0.2, 0.25) is 0 Å². The van der Waals surface area contributed by atoms with E-state index in [0.29, 0.717) is 12.2 Å². The SMILES string of the molecule is Nc1cccc2c1CCCN2C(=O)c1ccc(F)c(F)c1. The summed E-state index contributed by atoms with van der Waals surface area (Å²) in [6.45, 7) is 0.536. The van der Waals surface area contributed by atoms with E-state index in [1.54, 1.807) is 17.0 Å². The van der Waals surface area contributed by atoms with E-state index in [2.05, 4.69) is 0 Å². The molecular formula is C16H14F2N2O. The van der Waals surface area contributed by atoms with Gasteiger partial charge in [-0.15, -0.1) is 0 Å². The minimum absolute atomic E-state index is 0.129. The third-order valence-electron chi connectivity index (χ3n) is 3.70. The van der Waals surface area contributed by atoms with Gasteiger partial charge in [-0.1, -0.05) is 6.07 Å². The summed E-state index contributed by atoms with van der Waals surface area (Å²) >= 11 is 0. The van der Waals surface area contributed by atoms with Crippen molar-refractivity contribution in [2.45, 2.75) is 12.8 Å². The molecule has 108 valence electrons. The first-order valence-corrected chi connectivity index (χ1v) is 6.72. The van der Waals surface area contributed by atoms with Crippen molar-refractivity contribution in [1.29, 1.82) is 0 Å². The summed E-state index contributed by atoms with van der Waals surface area (Å²) in [5.41, 5.74) is 8.39. The average Bonchev–Trinajstić information content (AvgIpc) is 2.49. The van der Waals surface area contributed by atoms with Crippen LogP contribution in [-0.2, 0) is 6.42 Å². The molecule has 2 N–H and O–H groups in total. The second-order valence-corrected chi connectivity index (χ2v) is 5.03. The molecule has 1 amide bonds. The third kappa shape index (κ3) is 2.35. The van der Waals surface area contributed by atoms with Crippen LogP contribution in [0.5, 0.6) is 0 Å². The van der Waals surface area contributed by atoms with E-state index in [1.165, 1.54) is 6.07 Å². The molecule has 3 rings (SSSR count). The van der Waals surface area contributed by atoms with Crippen LogP contribution in [0.15, 0.2) is 36.4 Å². The van der Waals surface area contributed by atoms with Gasteiger partial charge in [0.1, 0.15) is 0 Å². The summed E-state index contributed by atoms with van der Waals surface area (Å²) in [4.78, 5) is 14.1. The number of halogens is 2. The first-order chi connectivity index (χ1) is 10.1. The summed E-state index contributed by atoms with van der Waals surface area (Å²) < 4.78 is 26.3. The van der Waals surface area contributed by atoms with Crippen LogP contribution in [0.4, 0.5) is 20.2 Å². The molecule has 0 saturated heterocycles. The van der Waals surface area contributed by atoms with Gasteiger partial charge in [0.05, 0.1) is 0 Å². The molecule has 0 unspecified atom stereocenters. The van der Waals surface area contributed by atoms with Crippen LogP contribution in [0.3, 0.4) is 0 Å². The summed E-state index contributed by atoms with van der Waals surface area (Å²) in [5.74, 6) is -2.33. The smallest absolute Gasteiger partial charge is 0.258 e. The highest BCUT2D eigenvalue weighted by molar-refractivity contribution is 6.07. The first-order valence-electron chi connectivity index (χ1n) is 6.72. The normalized spacial score (nSPS) is 13.9. The Kier molecular flexibility index (Phi) is 3.33. The molecular weight excluding hydrogens is 274 g/mol. The molecule has 0 spiro atoms. The quantitative estimate of drug-likeness (QED) is 0.819. The molecule has 0 radical (unpaired) electrons. The minimum Gasteiger partial charge on any atom is -0.398 e. The molecule has 0 aliphatic carbocycles. The van der Waals surface area contributed by atoms with Crippen LogP contribution >= 0.6 is 0 Å². The van der Waals surface area contributed by atoms with E-state index in [1.807, 2.05) is 6.07 Å². The van der Waals surface area contributed by atoms with Crippen molar-refractivity contribution in [3.8, 4) is 0 Å². The molecule has 1 aliphatic rings. The maximum Gasteiger partial charge on any atom is 0.258 e. The van der Waals surface area contributed by atoms with Crippen molar-refractivity contribution in [3.05, 3.63) is 59.2 Å². The van der Waals surface area contributed by atoms with Gasteiger partial charge in [0, 0.05) is 23.5 Å². The molecule has 1 heterocycles. The van der Waals surface area contributed by atoms with E-state index < -0.39 is 11.6 Å². The molecule has 2 aromatic rings. The minimum atomic E-state index is -1.02. The Hall–Kier alpha value is -2.43. The number of benzene rings is 2. The van der Waals surface area contributed by atoms with Gasteiger partial charge >= 0.3 is 0 Å². The second-order valence-electron chi connectivity index (χ2n) is 5.03. The molecule has 2 aromatic carbocycles. The Balaban J connectivity index is 2.00. The first kappa shape index (κ1) is 13.5. The molecule has 0 saturated carbocycles. The standard InChI is InChI=1S/C16H14F2N2O/c17-12-7-6-10(9-13(12)18)16(21)20-8-2-3-11-14(19)4-1-5-15(11)20/h1,4-7,9H,2-3,8,19H2. The lowest BCUT2D eigenvalue weighted by atomic mass is 9.99. The van der Waals surface area contributed by atoms with Crippen LogP contribution < -0.4 is 10.6 Å². The number of anilines is 2. The molecule has 5 heteroatoms. The highest BCUT2D eigenvalue weighted by atomic mass is 19.2. The third-order valence-corrected chi connectivity index (χ3v) is 3.70. The van der Waals surface area contributed by atoms with Crippen molar-refractivity contribution in [3.63, 3.8) is 0 Å². The number of nitrogens with zero attached hydrogens (tertiary/aromatic N) is 1. The lowest BCUT2D eigenvalue weighted by Crippen LogP contribution is -2.35. The Morgan fingerprint density at radius 1 is 1.14 bits per heavy atom. The zero-order valence-electron chi connectivity index (χ0n) is 11.3. The Labute approximate surface area is 121 Å². The summed E-state index contributed by atoms with van der Waals surface area (Å²) in [7, 11) is 0. The summed E-state index contributed by atoms with van der Waals surface area (Å²) in [6, 6.07) is 8.59. The number of hydrogen-bond acceptors (Lipinski definition) is 2. The zero-order chi connectivity index (χ0) is 15.0. The maximum absolute atomic E-state index is 13.3. The lowest BCUT2D eigenvalue weighted by molar-refractivity contribution is 0.0984. The van der Waals surface area contributed by atoms with E-state index in [4.69, 9.17) is 5.73 Å². The topological polar surface area (TPSA) is 46.3 Å². The molecule has 0 atom stereocenters. The second kappa shape index (κ2) is 5.16. The highest BCUT2D eigenvalue weighted by Crippen LogP contribution is 2.32. The molecule has 0 aromatic heterocycles. The average molecular weight is 288 g/mol. The van der Waals surface area contributed by atoms with Crippen molar-refractivity contribution < 1.29 is 13.6 Å². The number of nitrogens with two attached hydrogens (primary N) is 1. The van der Waals surface area contributed by atoms with Gasteiger partial charge in [0.25, 0.3) is 5.91 Å². The van der Waals surface area contributed by atoms with E-state index in [9.17, 15) is 13.6 Å². The molecule has 21 heavy (non-hydrogen) atoms. The Morgan fingerprint density at radius 3 is 2.71 bits per heavy atom. The van der Waals surface area contributed by atoms with Crippen LogP contribution in [0, 0.1) is 11.6 Å².